The molecule has 4 nitrogen and oxygen atoms in total. The Bertz CT molecular complexity index is 997. The molecule has 3 rings (SSSR count). The molecule has 0 saturated carbocycles. The molecule has 0 bridgehead atoms. The maximum Gasteiger partial charge on any atom is 0.251 e. The Morgan fingerprint density at radius 3 is 2.56 bits per heavy atom. The number of amides is 2. The van der Waals surface area contributed by atoms with E-state index < -0.39 is 5.91 Å². The lowest BCUT2D eigenvalue weighted by molar-refractivity contribution is -0.111. The van der Waals surface area contributed by atoms with Crippen LogP contribution in [0.1, 0.15) is 26.4 Å². The van der Waals surface area contributed by atoms with Crippen molar-refractivity contribution in [3.05, 3.63) is 70.1 Å². The first-order valence-corrected chi connectivity index (χ1v) is 8.65. The van der Waals surface area contributed by atoms with Gasteiger partial charge in [-0.1, -0.05) is 42.5 Å². The number of carbonyl (C=O) groups is 2. The third kappa shape index (κ3) is 3.46. The summed E-state index contributed by atoms with van der Waals surface area (Å²) in [6, 6.07) is 13.9. The van der Waals surface area contributed by atoms with E-state index in [1.54, 1.807) is 6.08 Å². The van der Waals surface area contributed by atoms with Crippen molar-refractivity contribution in [3.63, 3.8) is 0 Å². The number of primary amides is 1. The fourth-order valence-electron chi connectivity index (χ4n) is 2.73. The van der Waals surface area contributed by atoms with E-state index in [4.69, 9.17) is 5.73 Å². The third-order valence-electron chi connectivity index (χ3n) is 4.11. The van der Waals surface area contributed by atoms with Gasteiger partial charge in [-0.25, -0.2) is 0 Å². The Kier molecular flexibility index (Phi) is 4.67. The average molecular weight is 350 g/mol. The maximum absolute atomic E-state index is 12.3. The number of thiophene rings is 1. The van der Waals surface area contributed by atoms with Gasteiger partial charge < -0.3 is 11.1 Å². The molecule has 2 aromatic carbocycles. The van der Waals surface area contributed by atoms with E-state index in [0.717, 1.165) is 26.8 Å². The summed E-state index contributed by atoms with van der Waals surface area (Å²) in [5.41, 5.74) is 7.58. The van der Waals surface area contributed by atoms with Crippen molar-refractivity contribution >= 4 is 45.0 Å². The largest absolute Gasteiger partial charge is 0.365 e. The number of carbonyl (C=O) groups excluding carboxylic acids is 2. The molecule has 1 heterocycles. The maximum atomic E-state index is 12.3. The van der Waals surface area contributed by atoms with E-state index in [1.807, 2.05) is 56.3 Å². The minimum atomic E-state index is -0.532. The topological polar surface area (TPSA) is 72.2 Å². The van der Waals surface area contributed by atoms with Crippen LogP contribution >= 0.6 is 11.3 Å². The first kappa shape index (κ1) is 16.9. The molecule has 2 amide bonds. The summed E-state index contributed by atoms with van der Waals surface area (Å²) in [4.78, 5) is 24.9. The molecular formula is C20H18N2O2S. The predicted octanol–water partition coefficient (Wildman–Crippen LogP) is 4.27. The lowest BCUT2D eigenvalue weighted by Crippen LogP contribution is -2.16. The average Bonchev–Trinajstić information content (AvgIpc) is 2.86. The highest BCUT2D eigenvalue weighted by atomic mass is 32.1. The number of aryl methyl sites for hydroxylation is 1. The lowest BCUT2D eigenvalue weighted by Gasteiger charge is -2.03. The zero-order valence-electron chi connectivity index (χ0n) is 14.0. The number of hydrogen-bond donors (Lipinski definition) is 2. The van der Waals surface area contributed by atoms with Gasteiger partial charge in [-0.2, -0.15) is 0 Å². The minimum absolute atomic E-state index is 0.295. The fraction of sp³-hybridized carbons (Fsp3) is 0.100. The van der Waals surface area contributed by atoms with Crippen LogP contribution in [0.3, 0.4) is 0 Å². The van der Waals surface area contributed by atoms with Gasteiger partial charge in [0.1, 0.15) is 5.00 Å². The minimum Gasteiger partial charge on any atom is -0.365 e. The highest BCUT2D eigenvalue weighted by Crippen LogP contribution is 2.32. The van der Waals surface area contributed by atoms with E-state index in [9.17, 15) is 9.59 Å². The Hall–Kier alpha value is -2.92. The van der Waals surface area contributed by atoms with Gasteiger partial charge in [0.25, 0.3) is 5.91 Å². The number of benzene rings is 2. The van der Waals surface area contributed by atoms with Crippen LogP contribution in [-0.2, 0) is 4.79 Å². The summed E-state index contributed by atoms with van der Waals surface area (Å²) < 4.78 is 0. The number of anilines is 1. The molecule has 3 N–H and O–H groups in total. The number of nitrogens with one attached hydrogen (secondary N) is 1. The summed E-state index contributed by atoms with van der Waals surface area (Å²) in [7, 11) is 0. The second-order valence-corrected chi connectivity index (χ2v) is 6.97. The third-order valence-corrected chi connectivity index (χ3v) is 5.23. The van der Waals surface area contributed by atoms with Crippen molar-refractivity contribution in [2.45, 2.75) is 13.8 Å². The summed E-state index contributed by atoms with van der Waals surface area (Å²) in [6.45, 7) is 3.72. The number of fused-ring (bicyclic) bond motifs is 1. The van der Waals surface area contributed by atoms with Gasteiger partial charge in [0.05, 0.1) is 5.56 Å². The lowest BCUT2D eigenvalue weighted by atomic mass is 10.0. The molecule has 0 spiro atoms. The van der Waals surface area contributed by atoms with Crippen LogP contribution in [0.15, 0.2) is 48.5 Å². The molecule has 0 aliphatic rings. The van der Waals surface area contributed by atoms with Gasteiger partial charge in [-0.3, -0.25) is 9.59 Å². The van der Waals surface area contributed by atoms with Crippen LogP contribution in [0.5, 0.6) is 0 Å². The van der Waals surface area contributed by atoms with Gasteiger partial charge in [-0.05, 0) is 41.8 Å². The van der Waals surface area contributed by atoms with Crippen molar-refractivity contribution < 1.29 is 9.59 Å². The van der Waals surface area contributed by atoms with E-state index in [1.165, 1.54) is 17.4 Å². The van der Waals surface area contributed by atoms with Crippen LogP contribution in [0, 0.1) is 13.8 Å². The first-order chi connectivity index (χ1) is 12.0. The molecule has 1 aromatic heterocycles. The molecule has 126 valence electrons. The quantitative estimate of drug-likeness (QED) is 0.690. The summed E-state index contributed by atoms with van der Waals surface area (Å²) in [6.07, 6.45) is 3.24. The molecule has 0 aliphatic heterocycles. The molecule has 0 radical (unpaired) electrons. The molecule has 3 aromatic rings. The number of rotatable bonds is 4. The molecule has 5 heteroatoms. The molecule has 0 saturated heterocycles. The van der Waals surface area contributed by atoms with E-state index in [2.05, 4.69) is 5.32 Å². The zero-order valence-corrected chi connectivity index (χ0v) is 14.8. The first-order valence-electron chi connectivity index (χ1n) is 7.84. The van der Waals surface area contributed by atoms with Crippen molar-refractivity contribution in [2.24, 2.45) is 5.73 Å². The second kappa shape index (κ2) is 6.91. The van der Waals surface area contributed by atoms with Gasteiger partial charge in [0.2, 0.25) is 5.91 Å². The van der Waals surface area contributed by atoms with Crippen LogP contribution in [0.25, 0.3) is 16.8 Å². The van der Waals surface area contributed by atoms with Crippen molar-refractivity contribution in [2.75, 3.05) is 5.32 Å². The highest BCUT2D eigenvalue weighted by molar-refractivity contribution is 7.16. The Labute approximate surface area is 150 Å². The molecule has 0 aliphatic carbocycles. The smallest absolute Gasteiger partial charge is 0.251 e. The zero-order chi connectivity index (χ0) is 18.0. The summed E-state index contributed by atoms with van der Waals surface area (Å²) in [5, 5.41) is 5.45. The molecule has 0 unspecified atom stereocenters. The van der Waals surface area contributed by atoms with E-state index in [-0.39, 0.29) is 5.91 Å². The summed E-state index contributed by atoms with van der Waals surface area (Å²) >= 11 is 1.36. The van der Waals surface area contributed by atoms with E-state index >= 15 is 0 Å². The number of hydrogen-bond acceptors (Lipinski definition) is 3. The monoisotopic (exact) mass is 350 g/mol. The Morgan fingerprint density at radius 2 is 1.80 bits per heavy atom. The highest BCUT2D eigenvalue weighted by Gasteiger charge is 2.18. The van der Waals surface area contributed by atoms with Crippen molar-refractivity contribution in [1.82, 2.24) is 0 Å². The van der Waals surface area contributed by atoms with Crippen molar-refractivity contribution in [1.29, 1.82) is 0 Å². The molecular weight excluding hydrogens is 332 g/mol. The van der Waals surface area contributed by atoms with Crippen molar-refractivity contribution in [3.8, 4) is 0 Å². The van der Waals surface area contributed by atoms with Crippen LogP contribution in [-0.4, -0.2) is 11.8 Å². The Balaban J connectivity index is 1.85. The SMILES string of the molecule is Cc1sc(NC(=O)C=Cc2cccc3ccccc23)c(C(N)=O)c1C. The van der Waals surface area contributed by atoms with E-state index in [0.29, 0.717) is 10.6 Å². The fourth-order valence-corrected chi connectivity index (χ4v) is 3.80. The standard InChI is InChI=1S/C20H18N2O2S/c1-12-13(2)25-20(18(12)19(21)24)22-17(23)11-10-15-8-5-7-14-6-3-4-9-16(14)15/h3-11H,1-2H3,(H2,21,24)(H,22,23). The van der Waals surface area contributed by atoms with Crippen LogP contribution in [0.4, 0.5) is 5.00 Å². The van der Waals surface area contributed by atoms with Gasteiger partial charge in [0.15, 0.2) is 0 Å². The van der Waals surface area contributed by atoms with Crippen LogP contribution in [0.2, 0.25) is 0 Å². The molecule has 0 fully saturated rings. The van der Waals surface area contributed by atoms with Gasteiger partial charge in [0, 0.05) is 11.0 Å². The normalized spacial score (nSPS) is 11.1. The van der Waals surface area contributed by atoms with Gasteiger partial charge >= 0.3 is 0 Å². The second-order valence-electron chi connectivity index (χ2n) is 5.74. The number of nitrogens with two attached hydrogens (primary N) is 1. The molecule has 0 atom stereocenters. The van der Waals surface area contributed by atoms with Crippen LogP contribution < -0.4 is 11.1 Å². The Morgan fingerprint density at radius 1 is 1.08 bits per heavy atom. The molecule has 25 heavy (non-hydrogen) atoms. The predicted molar refractivity (Wildman–Crippen MR) is 104 cm³/mol. The van der Waals surface area contributed by atoms with Gasteiger partial charge in [-0.15, -0.1) is 11.3 Å². The summed E-state index contributed by atoms with van der Waals surface area (Å²) in [5.74, 6) is -0.827.